The highest BCUT2D eigenvalue weighted by atomic mass is 31.2. The lowest BCUT2D eigenvalue weighted by atomic mass is 10.0. The van der Waals surface area contributed by atoms with E-state index in [2.05, 4.69) is 48.5 Å². The van der Waals surface area contributed by atoms with Crippen molar-refractivity contribution in [1.82, 2.24) is 0 Å². The van der Waals surface area contributed by atoms with Crippen LogP contribution in [0.5, 0.6) is 0 Å². The van der Waals surface area contributed by atoms with Crippen LogP contribution in [0.1, 0.15) is 286 Å². The van der Waals surface area contributed by atoms with Gasteiger partial charge < -0.3 is 33.8 Å². The fourth-order valence-corrected chi connectivity index (χ4v) is 10.4. The molecule has 0 radical (unpaired) electrons. The smallest absolute Gasteiger partial charge is 0.462 e. The van der Waals surface area contributed by atoms with Crippen LogP contribution >= 0.6 is 15.6 Å². The summed E-state index contributed by atoms with van der Waals surface area (Å²) in [5, 5.41) is 10.5. The minimum Gasteiger partial charge on any atom is -0.462 e. The van der Waals surface area contributed by atoms with Gasteiger partial charge in [0.05, 0.1) is 26.4 Å². The molecule has 0 saturated heterocycles. The van der Waals surface area contributed by atoms with Crippen LogP contribution in [0.15, 0.2) is 0 Å². The molecular formula is C60H116O17P2. The van der Waals surface area contributed by atoms with Crippen LogP contribution in [0.2, 0.25) is 0 Å². The van der Waals surface area contributed by atoms with Gasteiger partial charge >= 0.3 is 39.5 Å². The molecule has 79 heavy (non-hydrogen) atoms. The minimum absolute atomic E-state index is 0.102. The average molecular weight is 1170 g/mol. The van der Waals surface area contributed by atoms with Crippen LogP contribution in [0.4, 0.5) is 0 Å². The number of aliphatic hydroxyl groups is 1. The molecular weight excluding hydrogens is 1050 g/mol. The van der Waals surface area contributed by atoms with Gasteiger partial charge in [-0.1, -0.05) is 235 Å². The highest BCUT2D eigenvalue weighted by Crippen LogP contribution is 2.45. The Bertz CT molecular complexity index is 1580. The van der Waals surface area contributed by atoms with Gasteiger partial charge in [0.25, 0.3) is 0 Å². The maximum absolute atomic E-state index is 12.9. The molecule has 3 N–H and O–H groups in total. The van der Waals surface area contributed by atoms with Crippen LogP contribution in [0.25, 0.3) is 0 Å². The molecule has 0 aliphatic rings. The predicted molar refractivity (Wildman–Crippen MR) is 312 cm³/mol. The molecule has 0 aliphatic carbocycles. The standard InChI is InChI=1S/C60H116O17P2/c1-8-9-10-24-34-41-57(62)70-47-55(76-60(65)44-37-30-23-17-20-27-33-40-53(6)7)49-74-78(66,67)72-45-54(61)46-73-79(68,69)75-50-56(48-71-58(63)42-35-28-21-16-15-19-26-32-39-52(4)5)77-59(64)43-36-29-22-14-12-11-13-18-25-31-38-51(2)3/h51-56,61H,8-50H2,1-7H3,(H,66,67)(H,68,69)/t54-,55+,56+/m0/s1. The topological polar surface area (TPSA) is 237 Å². The Balaban J connectivity index is 5.19. The second-order valence-corrected chi connectivity index (χ2v) is 26.1. The summed E-state index contributed by atoms with van der Waals surface area (Å²) in [6.07, 6.45) is 31.2. The number of hydrogen-bond donors (Lipinski definition) is 3. The fourth-order valence-electron chi connectivity index (χ4n) is 8.77. The molecule has 0 rings (SSSR count). The summed E-state index contributed by atoms with van der Waals surface area (Å²) >= 11 is 0. The van der Waals surface area contributed by atoms with E-state index in [1.165, 1.54) is 89.9 Å². The maximum Gasteiger partial charge on any atom is 0.472 e. The Hall–Kier alpha value is -1.94. The van der Waals surface area contributed by atoms with E-state index in [4.69, 9.17) is 37.0 Å². The van der Waals surface area contributed by atoms with Gasteiger partial charge in [-0.15, -0.1) is 0 Å². The van der Waals surface area contributed by atoms with Gasteiger partial charge in [0.2, 0.25) is 0 Å². The lowest BCUT2D eigenvalue weighted by Gasteiger charge is -2.21. The SMILES string of the molecule is CCCCCCCC(=O)OC[C@H](COP(=O)(O)OC[C@H](O)COP(=O)(O)OC[C@@H](COC(=O)CCCCCCCCCCC(C)C)OC(=O)CCCCCCCCCCCCC(C)C)OC(=O)CCCCCCCCCC(C)C. The van der Waals surface area contributed by atoms with Crippen molar-refractivity contribution in [2.75, 3.05) is 39.6 Å². The number of phosphoric ester groups is 2. The Labute approximate surface area is 479 Å². The first-order valence-electron chi connectivity index (χ1n) is 31.3. The Kier molecular flexibility index (Phi) is 50.4. The molecule has 5 atom stereocenters. The molecule has 0 fully saturated rings. The zero-order valence-electron chi connectivity index (χ0n) is 50.8. The Morgan fingerprint density at radius 2 is 0.582 bits per heavy atom. The highest BCUT2D eigenvalue weighted by Gasteiger charge is 2.30. The van der Waals surface area contributed by atoms with Gasteiger partial charge in [0.1, 0.15) is 19.3 Å². The third-order valence-electron chi connectivity index (χ3n) is 13.6. The Morgan fingerprint density at radius 1 is 0.342 bits per heavy atom. The van der Waals surface area contributed by atoms with Gasteiger partial charge in [0, 0.05) is 25.7 Å². The van der Waals surface area contributed by atoms with Crippen molar-refractivity contribution < 1.29 is 80.2 Å². The van der Waals surface area contributed by atoms with E-state index in [1.807, 2.05) is 0 Å². The number of unbranched alkanes of at least 4 members (excludes halogenated alkanes) is 26. The van der Waals surface area contributed by atoms with Crippen molar-refractivity contribution in [3.05, 3.63) is 0 Å². The molecule has 2 unspecified atom stereocenters. The lowest BCUT2D eigenvalue weighted by Crippen LogP contribution is -2.30. The number of carbonyl (C=O) groups excluding carboxylic acids is 4. The second-order valence-electron chi connectivity index (χ2n) is 23.2. The normalized spacial score (nSPS) is 14.5. The molecule has 0 aromatic carbocycles. The summed E-state index contributed by atoms with van der Waals surface area (Å²) in [5.41, 5.74) is 0. The van der Waals surface area contributed by atoms with E-state index in [1.54, 1.807) is 0 Å². The van der Waals surface area contributed by atoms with Crippen molar-refractivity contribution in [2.24, 2.45) is 17.8 Å². The third kappa shape index (κ3) is 55.0. The third-order valence-corrected chi connectivity index (χ3v) is 15.5. The number of carbonyl (C=O) groups is 4. The first-order valence-corrected chi connectivity index (χ1v) is 34.3. The van der Waals surface area contributed by atoms with Crippen molar-refractivity contribution in [2.45, 2.75) is 304 Å². The van der Waals surface area contributed by atoms with Crippen molar-refractivity contribution in [3.8, 4) is 0 Å². The molecule has 0 aliphatic heterocycles. The average Bonchev–Trinajstić information content (AvgIpc) is 3.39. The summed E-state index contributed by atoms with van der Waals surface area (Å²) in [5.74, 6) is 0.0202. The monoisotopic (exact) mass is 1170 g/mol. The van der Waals surface area contributed by atoms with E-state index < -0.39 is 97.5 Å². The largest absolute Gasteiger partial charge is 0.472 e. The predicted octanol–water partition coefficient (Wildman–Crippen LogP) is 15.9. The number of rotatable bonds is 58. The number of ether oxygens (including phenoxy) is 4. The molecule has 19 heteroatoms. The number of esters is 4. The first-order chi connectivity index (χ1) is 37.7. The van der Waals surface area contributed by atoms with Crippen molar-refractivity contribution >= 4 is 39.5 Å². The molecule has 0 aromatic rings. The van der Waals surface area contributed by atoms with Gasteiger partial charge in [-0.2, -0.15) is 0 Å². The van der Waals surface area contributed by atoms with E-state index in [9.17, 15) is 43.2 Å². The molecule has 0 heterocycles. The number of phosphoric acid groups is 2. The number of hydrogen-bond acceptors (Lipinski definition) is 15. The number of aliphatic hydroxyl groups excluding tert-OH is 1. The summed E-state index contributed by atoms with van der Waals surface area (Å²) in [6.45, 7) is 11.6. The van der Waals surface area contributed by atoms with Crippen molar-refractivity contribution in [3.63, 3.8) is 0 Å². The quantitative estimate of drug-likeness (QED) is 0.0222. The van der Waals surface area contributed by atoms with Crippen LogP contribution in [0, 0.1) is 17.8 Å². The molecule has 0 aromatic heterocycles. The zero-order chi connectivity index (χ0) is 58.8. The van der Waals surface area contributed by atoms with Gasteiger partial charge in [0.15, 0.2) is 12.2 Å². The molecule has 0 spiro atoms. The first kappa shape index (κ1) is 77.1. The second kappa shape index (κ2) is 51.7. The summed E-state index contributed by atoms with van der Waals surface area (Å²) < 4.78 is 67.6. The van der Waals surface area contributed by atoms with E-state index in [0.717, 1.165) is 108 Å². The fraction of sp³-hybridized carbons (Fsp3) is 0.933. The maximum atomic E-state index is 12.9. The molecule has 0 saturated carbocycles. The lowest BCUT2D eigenvalue weighted by molar-refractivity contribution is -0.161. The minimum atomic E-state index is -4.94. The Morgan fingerprint density at radius 3 is 0.861 bits per heavy atom. The van der Waals surface area contributed by atoms with E-state index in [0.29, 0.717) is 31.6 Å². The van der Waals surface area contributed by atoms with Crippen LogP contribution in [0.3, 0.4) is 0 Å². The van der Waals surface area contributed by atoms with Crippen molar-refractivity contribution in [1.29, 1.82) is 0 Å². The summed E-state index contributed by atoms with van der Waals surface area (Å²) in [7, 11) is -9.87. The summed E-state index contributed by atoms with van der Waals surface area (Å²) in [6, 6.07) is 0. The van der Waals surface area contributed by atoms with Crippen LogP contribution in [-0.4, -0.2) is 96.7 Å². The van der Waals surface area contributed by atoms with E-state index >= 15 is 0 Å². The van der Waals surface area contributed by atoms with Gasteiger partial charge in [-0.05, 0) is 43.4 Å². The zero-order valence-corrected chi connectivity index (χ0v) is 52.6. The molecule has 468 valence electrons. The van der Waals surface area contributed by atoms with Gasteiger partial charge in [-0.3, -0.25) is 37.3 Å². The molecule has 0 amide bonds. The summed E-state index contributed by atoms with van der Waals surface area (Å²) in [4.78, 5) is 71.8. The van der Waals surface area contributed by atoms with Crippen LogP contribution < -0.4 is 0 Å². The molecule has 17 nitrogen and oxygen atoms in total. The highest BCUT2D eigenvalue weighted by molar-refractivity contribution is 7.47. The van der Waals surface area contributed by atoms with Crippen LogP contribution in [-0.2, 0) is 65.4 Å². The molecule has 0 bridgehead atoms. The van der Waals surface area contributed by atoms with Gasteiger partial charge in [-0.25, -0.2) is 9.13 Å². The van der Waals surface area contributed by atoms with E-state index in [-0.39, 0.29) is 25.7 Å².